The van der Waals surface area contributed by atoms with Crippen molar-refractivity contribution in [3.05, 3.63) is 59.6 Å². The maximum Gasteiger partial charge on any atom is 0.159 e. The Hall–Kier alpha value is -2.29. The molecular formula is C18H18O3. The van der Waals surface area contributed by atoms with E-state index in [1.54, 1.807) is 19.6 Å². The highest BCUT2D eigenvalue weighted by Gasteiger charge is 2.27. The van der Waals surface area contributed by atoms with Crippen LogP contribution in [0.25, 0.3) is 6.08 Å². The first-order chi connectivity index (χ1) is 10.3. The van der Waals surface area contributed by atoms with Crippen LogP contribution in [0.3, 0.4) is 0 Å². The zero-order valence-corrected chi connectivity index (χ0v) is 12.0. The number of hydrogen-bond acceptors (Lipinski definition) is 3. The van der Waals surface area contributed by atoms with E-state index in [0.717, 1.165) is 35.3 Å². The highest BCUT2D eigenvalue weighted by Crippen LogP contribution is 2.36. The van der Waals surface area contributed by atoms with Crippen LogP contribution >= 0.6 is 0 Å². The first-order valence-electron chi connectivity index (χ1n) is 7.19. The molecular weight excluding hydrogens is 264 g/mol. The first kappa shape index (κ1) is 13.7. The van der Waals surface area contributed by atoms with E-state index in [1.165, 1.54) is 0 Å². The third-order valence-electron chi connectivity index (χ3n) is 3.96. The highest BCUT2D eigenvalue weighted by molar-refractivity contribution is 6.01. The number of ketones is 1. The van der Waals surface area contributed by atoms with Crippen molar-refractivity contribution in [2.75, 3.05) is 7.11 Å². The van der Waals surface area contributed by atoms with Crippen molar-refractivity contribution in [1.82, 2.24) is 0 Å². The van der Waals surface area contributed by atoms with Gasteiger partial charge in [0.05, 0.1) is 19.6 Å². The fourth-order valence-corrected chi connectivity index (χ4v) is 2.87. The van der Waals surface area contributed by atoms with Gasteiger partial charge in [-0.2, -0.15) is 0 Å². The largest absolute Gasteiger partial charge is 0.497 e. The molecule has 3 rings (SSSR count). The standard InChI is InChI=1S/C18H18O3/c1-20-15-5-2-4-13(10-15)11-17-16(6-3-7-18(17)19)14-8-9-21-12-14/h2,4-5,8-12,16H,3,6-7H2,1H3. The van der Waals surface area contributed by atoms with Crippen LogP contribution in [0, 0.1) is 0 Å². The summed E-state index contributed by atoms with van der Waals surface area (Å²) in [4.78, 5) is 12.3. The molecule has 0 amide bonds. The number of allylic oxidation sites excluding steroid dienone is 1. The molecule has 21 heavy (non-hydrogen) atoms. The maximum absolute atomic E-state index is 12.3. The van der Waals surface area contributed by atoms with Crippen LogP contribution in [0.15, 0.2) is 52.8 Å². The monoisotopic (exact) mass is 282 g/mol. The lowest BCUT2D eigenvalue weighted by Gasteiger charge is -2.23. The molecule has 0 saturated heterocycles. The Morgan fingerprint density at radius 3 is 3.00 bits per heavy atom. The second-order valence-electron chi connectivity index (χ2n) is 5.30. The summed E-state index contributed by atoms with van der Waals surface area (Å²) in [6.07, 6.45) is 7.94. The Morgan fingerprint density at radius 2 is 2.24 bits per heavy atom. The number of hydrogen-bond donors (Lipinski definition) is 0. The van der Waals surface area contributed by atoms with Crippen molar-refractivity contribution in [3.8, 4) is 5.75 Å². The van der Waals surface area contributed by atoms with Gasteiger partial charge in [0.2, 0.25) is 0 Å². The molecule has 1 fully saturated rings. The van der Waals surface area contributed by atoms with Gasteiger partial charge in [-0.25, -0.2) is 0 Å². The second kappa shape index (κ2) is 6.00. The minimum atomic E-state index is 0.135. The molecule has 1 aliphatic carbocycles. The van der Waals surface area contributed by atoms with Gasteiger partial charge in [0.1, 0.15) is 5.75 Å². The molecule has 1 unspecified atom stereocenters. The lowest BCUT2D eigenvalue weighted by molar-refractivity contribution is -0.116. The summed E-state index contributed by atoms with van der Waals surface area (Å²) in [6.45, 7) is 0. The molecule has 1 atom stereocenters. The molecule has 1 aromatic carbocycles. The van der Waals surface area contributed by atoms with Gasteiger partial charge in [-0.05, 0) is 48.2 Å². The summed E-state index contributed by atoms with van der Waals surface area (Å²) < 4.78 is 10.4. The van der Waals surface area contributed by atoms with Crippen LogP contribution in [0.1, 0.15) is 36.3 Å². The van der Waals surface area contributed by atoms with Crippen molar-refractivity contribution in [2.45, 2.75) is 25.2 Å². The quantitative estimate of drug-likeness (QED) is 0.792. The van der Waals surface area contributed by atoms with Gasteiger partial charge in [0, 0.05) is 17.9 Å². The fraction of sp³-hybridized carbons (Fsp3) is 0.278. The molecule has 1 aromatic heterocycles. The average Bonchev–Trinajstić information content (AvgIpc) is 3.04. The minimum Gasteiger partial charge on any atom is -0.497 e. The number of rotatable bonds is 3. The van der Waals surface area contributed by atoms with Crippen LogP contribution in [0.5, 0.6) is 5.75 Å². The fourth-order valence-electron chi connectivity index (χ4n) is 2.87. The predicted octanol–water partition coefficient (Wildman–Crippen LogP) is 4.21. The van der Waals surface area contributed by atoms with E-state index in [-0.39, 0.29) is 11.7 Å². The minimum absolute atomic E-state index is 0.135. The van der Waals surface area contributed by atoms with Crippen molar-refractivity contribution >= 4 is 11.9 Å². The summed E-state index contributed by atoms with van der Waals surface area (Å²) in [5, 5.41) is 0. The maximum atomic E-state index is 12.3. The number of carbonyl (C=O) groups excluding carboxylic acids is 1. The number of methoxy groups -OCH3 is 1. The summed E-state index contributed by atoms with van der Waals surface area (Å²) in [5.74, 6) is 1.17. The number of benzene rings is 1. The topological polar surface area (TPSA) is 39.4 Å². The van der Waals surface area contributed by atoms with Gasteiger partial charge >= 0.3 is 0 Å². The van der Waals surface area contributed by atoms with E-state index in [1.807, 2.05) is 36.4 Å². The third-order valence-corrected chi connectivity index (χ3v) is 3.96. The molecule has 0 radical (unpaired) electrons. The first-order valence-corrected chi connectivity index (χ1v) is 7.19. The molecule has 108 valence electrons. The number of furan rings is 1. The van der Waals surface area contributed by atoms with Crippen molar-refractivity contribution < 1.29 is 13.9 Å². The third kappa shape index (κ3) is 2.92. The van der Waals surface area contributed by atoms with Crippen molar-refractivity contribution in [1.29, 1.82) is 0 Å². The van der Waals surface area contributed by atoms with Crippen LogP contribution < -0.4 is 4.74 Å². The van der Waals surface area contributed by atoms with Gasteiger partial charge < -0.3 is 9.15 Å². The van der Waals surface area contributed by atoms with Crippen LogP contribution in [0.4, 0.5) is 0 Å². The van der Waals surface area contributed by atoms with Crippen LogP contribution in [0.2, 0.25) is 0 Å². The molecule has 0 bridgehead atoms. The zero-order valence-electron chi connectivity index (χ0n) is 12.0. The summed E-state index contributed by atoms with van der Waals surface area (Å²) in [7, 11) is 1.65. The Kier molecular flexibility index (Phi) is 3.91. The molecule has 0 N–H and O–H groups in total. The Morgan fingerprint density at radius 1 is 1.33 bits per heavy atom. The zero-order chi connectivity index (χ0) is 14.7. The molecule has 1 heterocycles. The SMILES string of the molecule is COc1cccc(C=C2C(=O)CCCC2c2ccoc2)c1. The van der Waals surface area contributed by atoms with Gasteiger partial charge in [0.15, 0.2) is 5.78 Å². The molecule has 1 aliphatic rings. The van der Waals surface area contributed by atoms with Gasteiger partial charge in [-0.3, -0.25) is 4.79 Å². The Bertz CT molecular complexity index is 653. The van der Waals surface area contributed by atoms with Crippen molar-refractivity contribution in [3.63, 3.8) is 0 Å². The normalized spacial score (nSPS) is 20.7. The molecule has 3 heteroatoms. The van der Waals surface area contributed by atoms with E-state index in [4.69, 9.17) is 9.15 Å². The van der Waals surface area contributed by atoms with Gasteiger partial charge in [0.25, 0.3) is 0 Å². The summed E-state index contributed by atoms with van der Waals surface area (Å²) in [5.41, 5.74) is 2.95. The van der Waals surface area contributed by atoms with E-state index in [2.05, 4.69) is 0 Å². The van der Waals surface area contributed by atoms with E-state index in [9.17, 15) is 4.79 Å². The van der Waals surface area contributed by atoms with E-state index >= 15 is 0 Å². The molecule has 1 saturated carbocycles. The number of carbonyl (C=O) groups is 1. The van der Waals surface area contributed by atoms with E-state index < -0.39 is 0 Å². The molecule has 3 nitrogen and oxygen atoms in total. The Labute approximate surface area is 124 Å². The molecule has 0 spiro atoms. The van der Waals surface area contributed by atoms with Gasteiger partial charge in [-0.15, -0.1) is 0 Å². The molecule has 2 aromatic rings. The number of ether oxygens (including phenoxy) is 1. The van der Waals surface area contributed by atoms with Gasteiger partial charge in [-0.1, -0.05) is 12.1 Å². The summed E-state index contributed by atoms with van der Waals surface area (Å²) >= 11 is 0. The van der Waals surface area contributed by atoms with Crippen LogP contribution in [-0.2, 0) is 4.79 Å². The van der Waals surface area contributed by atoms with Crippen molar-refractivity contribution in [2.24, 2.45) is 0 Å². The Balaban J connectivity index is 1.98. The summed E-state index contributed by atoms with van der Waals surface area (Å²) in [6, 6.07) is 9.72. The van der Waals surface area contributed by atoms with E-state index in [0.29, 0.717) is 6.42 Å². The highest BCUT2D eigenvalue weighted by atomic mass is 16.5. The van der Waals surface area contributed by atoms with Crippen LogP contribution in [-0.4, -0.2) is 12.9 Å². The molecule has 0 aliphatic heterocycles. The lowest BCUT2D eigenvalue weighted by Crippen LogP contribution is -2.17. The second-order valence-corrected chi connectivity index (χ2v) is 5.30. The smallest absolute Gasteiger partial charge is 0.159 e. The number of Topliss-reactive ketones (excluding diaryl/α,β-unsaturated/α-hetero) is 1. The predicted molar refractivity (Wildman–Crippen MR) is 81.3 cm³/mol. The lowest BCUT2D eigenvalue weighted by atomic mass is 9.79. The average molecular weight is 282 g/mol.